The predicted octanol–water partition coefficient (Wildman–Crippen LogP) is 2.77. The van der Waals surface area contributed by atoms with Gasteiger partial charge in [0.05, 0.1) is 5.69 Å². The molecule has 2 heterocycles. The molecule has 15 heavy (non-hydrogen) atoms. The highest BCUT2D eigenvalue weighted by atomic mass is 35.5. The van der Waals surface area contributed by atoms with Gasteiger partial charge in [0.25, 0.3) is 0 Å². The van der Waals surface area contributed by atoms with E-state index in [1.165, 1.54) is 0 Å². The molecule has 0 spiro atoms. The van der Waals surface area contributed by atoms with Crippen molar-refractivity contribution in [3.05, 3.63) is 29.3 Å². The van der Waals surface area contributed by atoms with Gasteiger partial charge in [0, 0.05) is 12.6 Å². The molecular weight excluding hydrogens is 210 g/mol. The summed E-state index contributed by atoms with van der Waals surface area (Å²) < 4.78 is 1.97. The van der Waals surface area contributed by atoms with Crippen LogP contribution in [0.3, 0.4) is 0 Å². The minimum atomic E-state index is 0.490. The fourth-order valence-electron chi connectivity index (χ4n) is 1.69. The molecule has 2 aromatic heterocycles. The third-order valence-corrected chi connectivity index (χ3v) is 2.58. The van der Waals surface area contributed by atoms with Crippen molar-refractivity contribution in [1.29, 1.82) is 0 Å². The summed E-state index contributed by atoms with van der Waals surface area (Å²) in [4.78, 5) is 4.34. The van der Waals surface area contributed by atoms with Crippen LogP contribution >= 0.6 is 11.6 Å². The molecule has 0 atom stereocenters. The first kappa shape index (κ1) is 10.3. The van der Waals surface area contributed by atoms with E-state index in [0.717, 1.165) is 17.8 Å². The van der Waals surface area contributed by atoms with Gasteiger partial charge in [-0.3, -0.25) is 0 Å². The van der Waals surface area contributed by atoms with Gasteiger partial charge in [0.1, 0.15) is 11.3 Å². The number of fused-ring (bicyclic) bond motifs is 1. The molecule has 0 saturated heterocycles. The van der Waals surface area contributed by atoms with Crippen LogP contribution in [-0.2, 0) is 6.42 Å². The summed E-state index contributed by atoms with van der Waals surface area (Å²) >= 11 is 6.05. The molecule has 0 aliphatic carbocycles. The van der Waals surface area contributed by atoms with E-state index in [2.05, 4.69) is 18.8 Å². The molecule has 0 bridgehead atoms. The van der Waals surface area contributed by atoms with Crippen molar-refractivity contribution < 1.29 is 0 Å². The molecule has 3 nitrogen and oxygen atoms in total. The van der Waals surface area contributed by atoms with E-state index in [9.17, 15) is 0 Å². The van der Waals surface area contributed by atoms with Gasteiger partial charge in [0.2, 0.25) is 0 Å². The average molecular weight is 224 g/mol. The zero-order chi connectivity index (χ0) is 11.0. The van der Waals surface area contributed by atoms with Gasteiger partial charge in [-0.2, -0.15) is 0 Å². The van der Waals surface area contributed by atoms with Crippen LogP contribution < -0.4 is 5.73 Å². The summed E-state index contributed by atoms with van der Waals surface area (Å²) in [6.07, 6.45) is 2.85. The van der Waals surface area contributed by atoms with Crippen LogP contribution in [0.2, 0.25) is 5.15 Å². The second-order valence-corrected chi connectivity index (χ2v) is 4.46. The van der Waals surface area contributed by atoms with Crippen LogP contribution in [0.5, 0.6) is 0 Å². The minimum Gasteiger partial charge on any atom is -0.397 e. The van der Waals surface area contributed by atoms with Gasteiger partial charge in [-0.05, 0) is 18.1 Å². The van der Waals surface area contributed by atoms with Crippen LogP contribution in [0.25, 0.3) is 5.52 Å². The Kier molecular flexibility index (Phi) is 2.57. The third-order valence-electron chi connectivity index (χ3n) is 2.32. The number of imidazole rings is 1. The van der Waals surface area contributed by atoms with Gasteiger partial charge < -0.3 is 10.1 Å². The smallest absolute Gasteiger partial charge is 0.157 e. The second-order valence-electron chi connectivity index (χ2n) is 4.10. The van der Waals surface area contributed by atoms with E-state index >= 15 is 0 Å². The lowest BCUT2D eigenvalue weighted by atomic mass is 10.1. The van der Waals surface area contributed by atoms with Gasteiger partial charge >= 0.3 is 0 Å². The van der Waals surface area contributed by atoms with E-state index in [4.69, 9.17) is 17.3 Å². The maximum absolute atomic E-state index is 6.05. The highest BCUT2D eigenvalue weighted by molar-refractivity contribution is 6.33. The molecular formula is C11H14ClN3. The maximum Gasteiger partial charge on any atom is 0.157 e. The zero-order valence-electron chi connectivity index (χ0n) is 8.87. The Balaban J connectivity index is 2.63. The minimum absolute atomic E-state index is 0.490. The van der Waals surface area contributed by atoms with Gasteiger partial charge in [-0.25, -0.2) is 4.98 Å². The summed E-state index contributed by atoms with van der Waals surface area (Å²) in [5.74, 6) is 1.52. The number of nitrogens with zero attached hydrogens (tertiary/aromatic N) is 2. The number of hydrogen-bond acceptors (Lipinski definition) is 2. The van der Waals surface area contributed by atoms with Crippen molar-refractivity contribution in [3.8, 4) is 0 Å². The molecule has 2 rings (SSSR count). The first-order valence-electron chi connectivity index (χ1n) is 5.00. The summed E-state index contributed by atoms with van der Waals surface area (Å²) in [6.45, 7) is 4.31. The number of halogens is 1. The molecule has 0 saturated carbocycles. The van der Waals surface area contributed by atoms with E-state index in [1.54, 1.807) is 0 Å². The Labute approximate surface area is 93.9 Å². The molecule has 2 N–H and O–H groups in total. The summed E-state index contributed by atoms with van der Waals surface area (Å²) in [6, 6.07) is 3.74. The highest BCUT2D eigenvalue weighted by Crippen LogP contribution is 2.24. The van der Waals surface area contributed by atoms with Crippen molar-refractivity contribution >= 4 is 22.8 Å². The van der Waals surface area contributed by atoms with Crippen LogP contribution in [0.15, 0.2) is 18.3 Å². The maximum atomic E-state index is 6.05. The Morgan fingerprint density at radius 1 is 1.53 bits per heavy atom. The number of pyridine rings is 1. The number of aromatic nitrogens is 2. The van der Waals surface area contributed by atoms with Gasteiger partial charge in [-0.15, -0.1) is 0 Å². The molecule has 80 valence electrons. The summed E-state index contributed by atoms with van der Waals surface area (Å²) in [5.41, 5.74) is 7.34. The van der Waals surface area contributed by atoms with Crippen LogP contribution in [0.1, 0.15) is 19.7 Å². The van der Waals surface area contributed by atoms with Crippen molar-refractivity contribution in [3.63, 3.8) is 0 Å². The molecule has 0 amide bonds. The highest BCUT2D eigenvalue weighted by Gasteiger charge is 2.12. The van der Waals surface area contributed by atoms with Gasteiger partial charge in [-0.1, -0.05) is 25.4 Å². The zero-order valence-corrected chi connectivity index (χ0v) is 9.62. The third kappa shape index (κ3) is 1.79. The molecule has 0 aliphatic heterocycles. The van der Waals surface area contributed by atoms with Crippen molar-refractivity contribution in [2.24, 2.45) is 5.92 Å². The molecule has 0 unspecified atom stereocenters. The van der Waals surface area contributed by atoms with Crippen molar-refractivity contribution in [1.82, 2.24) is 9.38 Å². The molecule has 0 fully saturated rings. The van der Waals surface area contributed by atoms with Gasteiger partial charge in [0.15, 0.2) is 5.15 Å². The molecule has 0 aliphatic rings. The van der Waals surface area contributed by atoms with E-state index < -0.39 is 0 Å². The van der Waals surface area contributed by atoms with Crippen LogP contribution in [0, 0.1) is 5.92 Å². The fourth-order valence-corrected chi connectivity index (χ4v) is 1.99. The largest absolute Gasteiger partial charge is 0.397 e. The molecule has 2 aromatic rings. The summed E-state index contributed by atoms with van der Waals surface area (Å²) in [7, 11) is 0. The number of nitrogens with two attached hydrogens (primary N) is 1. The number of hydrogen-bond donors (Lipinski definition) is 1. The Morgan fingerprint density at radius 2 is 2.27 bits per heavy atom. The van der Waals surface area contributed by atoms with E-state index in [-0.39, 0.29) is 0 Å². The number of nitrogen functional groups attached to an aromatic ring is 1. The fraction of sp³-hybridized carbons (Fsp3) is 0.364. The lowest BCUT2D eigenvalue weighted by Crippen LogP contribution is -2.00. The Bertz CT molecular complexity index is 488. The van der Waals surface area contributed by atoms with E-state index in [0.29, 0.717) is 16.8 Å². The first-order chi connectivity index (χ1) is 7.09. The van der Waals surface area contributed by atoms with Crippen LogP contribution in [-0.4, -0.2) is 9.38 Å². The quantitative estimate of drug-likeness (QED) is 0.851. The predicted molar refractivity (Wildman–Crippen MR) is 63.2 cm³/mol. The SMILES string of the molecule is CC(C)Cc1nc(Cl)c2c(N)cccn12. The Hall–Kier alpha value is -1.22. The molecule has 0 aromatic carbocycles. The number of anilines is 1. The molecule has 4 heteroatoms. The van der Waals surface area contributed by atoms with Crippen molar-refractivity contribution in [2.45, 2.75) is 20.3 Å². The van der Waals surface area contributed by atoms with Crippen LogP contribution in [0.4, 0.5) is 5.69 Å². The topological polar surface area (TPSA) is 43.3 Å². The summed E-state index contributed by atoms with van der Waals surface area (Å²) in [5, 5.41) is 0.490. The lowest BCUT2D eigenvalue weighted by molar-refractivity contribution is 0.619. The lowest BCUT2D eigenvalue weighted by Gasteiger charge is -2.04. The van der Waals surface area contributed by atoms with Crippen molar-refractivity contribution in [2.75, 3.05) is 5.73 Å². The Morgan fingerprint density at radius 3 is 2.93 bits per heavy atom. The first-order valence-corrected chi connectivity index (χ1v) is 5.38. The average Bonchev–Trinajstić information content (AvgIpc) is 2.44. The molecule has 0 radical (unpaired) electrons. The number of rotatable bonds is 2. The monoisotopic (exact) mass is 223 g/mol. The second kappa shape index (κ2) is 3.74. The standard InChI is InChI=1S/C11H14ClN3/c1-7(2)6-9-14-11(12)10-8(13)4-3-5-15(9)10/h3-5,7H,6,13H2,1-2H3. The van der Waals surface area contributed by atoms with E-state index in [1.807, 2.05) is 22.7 Å². The normalized spacial score (nSPS) is 11.5.